The van der Waals surface area contributed by atoms with Gasteiger partial charge in [-0.2, -0.15) is 0 Å². The minimum Gasteiger partial charge on any atom is -0.271 e. The van der Waals surface area contributed by atoms with Crippen LogP contribution in [0.15, 0.2) is 22.7 Å². The van der Waals surface area contributed by atoms with Gasteiger partial charge in [0.25, 0.3) is 0 Å². The van der Waals surface area contributed by atoms with E-state index in [2.05, 4.69) is 67.2 Å². The van der Waals surface area contributed by atoms with Gasteiger partial charge < -0.3 is 0 Å². The van der Waals surface area contributed by atoms with Crippen molar-refractivity contribution in [2.75, 3.05) is 0 Å². The summed E-state index contributed by atoms with van der Waals surface area (Å²) in [6, 6.07) is 6.67. The van der Waals surface area contributed by atoms with Crippen LogP contribution in [0.3, 0.4) is 0 Å². The van der Waals surface area contributed by atoms with Gasteiger partial charge in [-0.3, -0.25) is 11.3 Å². The van der Waals surface area contributed by atoms with Crippen LogP contribution in [0.5, 0.6) is 0 Å². The summed E-state index contributed by atoms with van der Waals surface area (Å²) in [7, 11) is 0. The zero-order valence-electron chi connectivity index (χ0n) is 11.2. The van der Waals surface area contributed by atoms with Crippen molar-refractivity contribution in [2.24, 2.45) is 11.3 Å². The topological polar surface area (TPSA) is 38.0 Å². The Bertz CT molecular complexity index is 349. The van der Waals surface area contributed by atoms with Gasteiger partial charge in [-0.05, 0) is 48.4 Å². The maximum absolute atomic E-state index is 5.67. The predicted molar refractivity (Wildman–Crippen MR) is 77.6 cm³/mol. The Kier molecular flexibility index (Phi) is 5.17. The summed E-state index contributed by atoms with van der Waals surface area (Å²) >= 11 is 3.53. The third-order valence-electron chi connectivity index (χ3n) is 2.85. The average Bonchev–Trinajstić information content (AvgIpc) is 2.15. The lowest BCUT2D eigenvalue weighted by Gasteiger charge is -2.23. The van der Waals surface area contributed by atoms with E-state index in [0.29, 0.717) is 5.41 Å². The summed E-state index contributed by atoms with van der Waals surface area (Å²) < 4.78 is 1.11. The summed E-state index contributed by atoms with van der Waals surface area (Å²) in [4.78, 5) is 0. The summed E-state index contributed by atoms with van der Waals surface area (Å²) in [6.45, 7) is 8.87. The van der Waals surface area contributed by atoms with Crippen molar-refractivity contribution in [1.29, 1.82) is 0 Å². The molecule has 17 heavy (non-hydrogen) atoms. The Hall–Kier alpha value is -0.380. The largest absolute Gasteiger partial charge is 0.271 e. The molecule has 0 radical (unpaired) electrons. The van der Waals surface area contributed by atoms with Crippen LogP contribution in [-0.4, -0.2) is 0 Å². The minimum absolute atomic E-state index is 0.227. The second kappa shape index (κ2) is 5.98. The molecule has 0 aromatic heterocycles. The first-order chi connectivity index (χ1) is 7.81. The quantitative estimate of drug-likeness (QED) is 0.649. The molecule has 1 aromatic rings. The Morgan fingerprint density at radius 3 is 2.41 bits per heavy atom. The van der Waals surface area contributed by atoms with E-state index < -0.39 is 0 Å². The molecule has 0 amide bonds. The predicted octanol–water partition coefficient (Wildman–Crippen LogP) is 4.09. The molecule has 2 nitrogen and oxygen atoms in total. The zero-order chi connectivity index (χ0) is 13.1. The number of hydrazine groups is 1. The first kappa shape index (κ1) is 14.7. The molecule has 1 unspecified atom stereocenters. The molecule has 0 fully saturated rings. The maximum atomic E-state index is 5.67. The first-order valence-electron chi connectivity index (χ1n) is 6.05. The lowest BCUT2D eigenvalue weighted by atomic mass is 9.87. The molecule has 0 aliphatic heterocycles. The van der Waals surface area contributed by atoms with Crippen molar-refractivity contribution in [1.82, 2.24) is 5.43 Å². The number of halogens is 1. The molecule has 1 aromatic carbocycles. The molecule has 96 valence electrons. The van der Waals surface area contributed by atoms with Gasteiger partial charge in [0.15, 0.2) is 0 Å². The van der Waals surface area contributed by atoms with E-state index in [4.69, 9.17) is 5.84 Å². The van der Waals surface area contributed by atoms with Gasteiger partial charge in [0, 0.05) is 10.5 Å². The Labute approximate surface area is 113 Å². The highest BCUT2D eigenvalue weighted by Crippen LogP contribution is 2.28. The maximum Gasteiger partial charge on any atom is 0.0460 e. The first-order valence-corrected chi connectivity index (χ1v) is 6.84. The highest BCUT2D eigenvalue weighted by atomic mass is 79.9. The zero-order valence-corrected chi connectivity index (χ0v) is 12.8. The third kappa shape index (κ3) is 5.19. The van der Waals surface area contributed by atoms with Crippen LogP contribution in [-0.2, 0) is 0 Å². The van der Waals surface area contributed by atoms with E-state index in [1.807, 2.05) is 0 Å². The molecule has 0 spiro atoms. The molecular formula is C14H23BrN2. The minimum atomic E-state index is 0.227. The fourth-order valence-electron chi connectivity index (χ4n) is 1.89. The second-order valence-electron chi connectivity index (χ2n) is 5.88. The molecule has 1 rings (SSSR count). The Morgan fingerprint density at radius 2 is 1.94 bits per heavy atom. The fraction of sp³-hybridized carbons (Fsp3) is 0.571. The van der Waals surface area contributed by atoms with Crippen LogP contribution >= 0.6 is 15.9 Å². The van der Waals surface area contributed by atoms with Crippen LogP contribution in [0.25, 0.3) is 0 Å². The van der Waals surface area contributed by atoms with Gasteiger partial charge in [0.1, 0.15) is 0 Å². The van der Waals surface area contributed by atoms with Crippen LogP contribution < -0.4 is 11.3 Å². The number of rotatable bonds is 4. The second-order valence-corrected chi connectivity index (χ2v) is 6.80. The summed E-state index contributed by atoms with van der Waals surface area (Å²) in [5, 5.41) is 0. The van der Waals surface area contributed by atoms with Crippen molar-refractivity contribution in [3.8, 4) is 0 Å². The van der Waals surface area contributed by atoms with Crippen molar-refractivity contribution in [3.63, 3.8) is 0 Å². The summed E-state index contributed by atoms with van der Waals surface area (Å²) in [5.41, 5.74) is 5.78. The van der Waals surface area contributed by atoms with Crippen LogP contribution in [0.4, 0.5) is 0 Å². The Balaban J connectivity index is 2.79. The van der Waals surface area contributed by atoms with Gasteiger partial charge in [-0.15, -0.1) is 0 Å². The van der Waals surface area contributed by atoms with Gasteiger partial charge >= 0.3 is 0 Å². The molecule has 0 bridgehead atoms. The number of nitrogens with one attached hydrogen (secondary N) is 1. The van der Waals surface area contributed by atoms with E-state index in [1.165, 1.54) is 11.1 Å². The molecular weight excluding hydrogens is 276 g/mol. The normalized spacial score (nSPS) is 13.8. The smallest absolute Gasteiger partial charge is 0.0460 e. The fourth-order valence-corrected chi connectivity index (χ4v) is 2.51. The van der Waals surface area contributed by atoms with Crippen LogP contribution in [0, 0.1) is 12.3 Å². The third-order valence-corrected chi connectivity index (χ3v) is 3.31. The highest BCUT2D eigenvalue weighted by molar-refractivity contribution is 9.10. The van der Waals surface area contributed by atoms with E-state index in [-0.39, 0.29) is 6.04 Å². The lowest BCUT2D eigenvalue weighted by molar-refractivity contribution is 0.333. The van der Waals surface area contributed by atoms with Crippen LogP contribution in [0.1, 0.15) is 50.8 Å². The van der Waals surface area contributed by atoms with E-state index in [1.54, 1.807) is 0 Å². The standard InChI is InChI=1S/C14H23BrN2/c1-10-7-11(9-12(15)8-10)13(17-16)5-6-14(2,3)4/h7-9,13,17H,5-6,16H2,1-4H3. The van der Waals surface area contributed by atoms with Crippen molar-refractivity contribution < 1.29 is 0 Å². The molecule has 0 aliphatic rings. The van der Waals surface area contributed by atoms with Crippen molar-refractivity contribution in [3.05, 3.63) is 33.8 Å². The monoisotopic (exact) mass is 298 g/mol. The number of hydrogen-bond acceptors (Lipinski definition) is 2. The van der Waals surface area contributed by atoms with E-state index in [9.17, 15) is 0 Å². The summed E-state index contributed by atoms with van der Waals surface area (Å²) in [5.74, 6) is 5.67. The van der Waals surface area contributed by atoms with Crippen molar-refractivity contribution >= 4 is 15.9 Å². The average molecular weight is 299 g/mol. The molecule has 1 atom stereocenters. The van der Waals surface area contributed by atoms with Gasteiger partial charge in [-0.1, -0.05) is 42.8 Å². The van der Waals surface area contributed by atoms with Crippen LogP contribution in [0.2, 0.25) is 0 Å². The van der Waals surface area contributed by atoms with Crippen molar-refractivity contribution in [2.45, 2.75) is 46.6 Å². The Morgan fingerprint density at radius 1 is 1.29 bits per heavy atom. The molecule has 0 saturated heterocycles. The van der Waals surface area contributed by atoms with Gasteiger partial charge in [0.2, 0.25) is 0 Å². The molecule has 0 heterocycles. The lowest BCUT2D eigenvalue weighted by Crippen LogP contribution is -2.29. The molecule has 0 saturated carbocycles. The SMILES string of the molecule is Cc1cc(Br)cc(C(CCC(C)(C)C)NN)c1. The molecule has 3 N–H and O–H groups in total. The molecule has 0 aliphatic carbocycles. The number of hydrogen-bond donors (Lipinski definition) is 2. The number of aryl methyl sites for hydroxylation is 1. The highest BCUT2D eigenvalue weighted by Gasteiger charge is 2.16. The van der Waals surface area contributed by atoms with E-state index >= 15 is 0 Å². The van der Waals surface area contributed by atoms with Gasteiger partial charge in [-0.25, -0.2) is 0 Å². The molecule has 3 heteroatoms. The van der Waals surface area contributed by atoms with Gasteiger partial charge in [0.05, 0.1) is 0 Å². The number of nitrogens with two attached hydrogens (primary N) is 1. The summed E-state index contributed by atoms with van der Waals surface area (Å²) in [6.07, 6.45) is 2.20. The number of benzene rings is 1. The van der Waals surface area contributed by atoms with E-state index in [0.717, 1.165) is 17.3 Å².